The van der Waals surface area contributed by atoms with Crippen molar-refractivity contribution in [3.05, 3.63) is 88.8 Å². The summed E-state index contributed by atoms with van der Waals surface area (Å²) in [5.41, 5.74) is 7.54. The molecule has 0 aliphatic carbocycles. The molecule has 1 aliphatic rings. The zero-order valence-corrected chi connectivity index (χ0v) is 17.7. The number of nitrogens with one attached hydrogen (secondary N) is 1. The van der Waals surface area contributed by atoms with E-state index < -0.39 is 0 Å². The van der Waals surface area contributed by atoms with Gasteiger partial charge in [0.15, 0.2) is 0 Å². The molecule has 3 rings (SSSR count). The van der Waals surface area contributed by atoms with Crippen molar-refractivity contribution < 1.29 is 4.74 Å². The van der Waals surface area contributed by atoms with Gasteiger partial charge in [0.1, 0.15) is 11.5 Å². The first-order valence-corrected chi connectivity index (χ1v) is 9.84. The number of aliphatic imine (C=N–C) groups is 1. The lowest BCUT2D eigenvalue weighted by Gasteiger charge is -2.32. The summed E-state index contributed by atoms with van der Waals surface area (Å²) in [6, 6.07) is 15.7. The summed E-state index contributed by atoms with van der Waals surface area (Å²) < 4.78 is 5.53. The maximum atomic E-state index is 6.04. The smallest absolute Gasteiger partial charge is 0.224 e. The summed E-state index contributed by atoms with van der Waals surface area (Å²) >= 11 is 6.04. The van der Waals surface area contributed by atoms with Crippen LogP contribution in [0.25, 0.3) is 0 Å². The lowest BCUT2D eigenvalue weighted by atomic mass is 10.1. The van der Waals surface area contributed by atoms with E-state index in [1.807, 2.05) is 73.4 Å². The fourth-order valence-electron chi connectivity index (χ4n) is 2.92. The summed E-state index contributed by atoms with van der Waals surface area (Å²) in [5, 5.41) is 5.18. The highest BCUT2D eigenvalue weighted by Gasteiger charge is 2.27. The highest BCUT2D eigenvalue weighted by molar-refractivity contribution is 6.30. The normalized spacial score (nSPS) is 15.9. The van der Waals surface area contributed by atoms with Crippen molar-refractivity contribution >= 4 is 29.0 Å². The number of hydrazone groups is 1. The molecule has 0 bridgehead atoms. The Kier molecular flexibility index (Phi) is 6.73. The van der Waals surface area contributed by atoms with Gasteiger partial charge in [0, 0.05) is 5.02 Å². The van der Waals surface area contributed by atoms with Crippen LogP contribution in [-0.4, -0.2) is 23.7 Å². The highest BCUT2D eigenvalue weighted by Crippen LogP contribution is 2.23. The molecule has 2 aromatic carbocycles. The summed E-state index contributed by atoms with van der Waals surface area (Å²) in [7, 11) is 1.64. The molecule has 150 valence electrons. The molecule has 0 fully saturated rings. The van der Waals surface area contributed by atoms with Crippen LogP contribution in [0.2, 0.25) is 5.02 Å². The van der Waals surface area contributed by atoms with Gasteiger partial charge in [-0.15, -0.1) is 0 Å². The first kappa shape index (κ1) is 20.7. The molecule has 0 radical (unpaired) electrons. The van der Waals surface area contributed by atoms with Crippen LogP contribution >= 0.6 is 11.6 Å². The van der Waals surface area contributed by atoms with E-state index in [0.717, 1.165) is 17.7 Å². The van der Waals surface area contributed by atoms with E-state index in [2.05, 4.69) is 17.1 Å². The van der Waals surface area contributed by atoms with Crippen molar-refractivity contribution in [1.29, 1.82) is 0 Å². The van der Waals surface area contributed by atoms with Crippen molar-refractivity contribution in [3.63, 3.8) is 0 Å². The van der Waals surface area contributed by atoms with Gasteiger partial charge in [0.05, 0.1) is 25.0 Å². The molecular formula is C23H25ClN4O. The number of benzene rings is 2. The van der Waals surface area contributed by atoms with Crippen molar-refractivity contribution in [2.75, 3.05) is 7.11 Å². The van der Waals surface area contributed by atoms with Gasteiger partial charge in [-0.2, -0.15) is 5.10 Å². The second kappa shape index (κ2) is 9.43. The fraction of sp³-hybridized carbons (Fsp3) is 0.217. The maximum absolute atomic E-state index is 6.04. The lowest BCUT2D eigenvalue weighted by Crippen LogP contribution is -2.45. The third-order valence-corrected chi connectivity index (χ3v) is 4.74. The molecule has 0 unspecified atom stereocenters. The number of methoxy groups -OCH3 is 1. The Labute approximate surface area is 177 Å². The van der Waals surface area contributed by atoms with Crippen LogP contribution in [0.15, 0.2) is 82.7 Å². The van der Waals surface area contributed by atoms with Crippen molar-refractivity contribution in [2.24, 2.45) is 10.1 Å². The minimum atomic E-state index is 0.565. The number of hydrogen-bond acceptors (Lipinski definition) is 3. The van der Waals surface area contributed by atoms with Crippen molar-refractivity contribution in [3.8, 4) is 0 Å². The monoisotopic (exact) mass is 408 g/mol. The van der Waals surface area contributed by atoms with Gasteiger partial charge in [-0.05, 0) is 49.2 Å². The van der Waals surface area contributed by atoms with E-state index in [1.54, 1.807) is 7.11 Å². The van der Waals surface area contributed by atoms with Gasteiger partial charge in [-0.3, -0.25) is 0 Å². The number of aryl methyl sites for hydroxylation is 1. The van der Waals surface area contributed by atoms with Crippen LogP contribution in [0.5, 0.6) is 0 Å². The predicted molar refractivity (Wildman–Crippen MR) is 120 cm³/mol. The van der Waals surface area contributed by atoms with E-state index in [1.165, 1.54) is 5.56 Å². The molecule has 0 saturated heterocycles. The first-order chi connectivity index (χ1) is 14.0. The van der Waals surface area contributed by atoms with Crippen molar-refractivity contribution in [1.82, 2.24) is 10.3 Å². The third-order valence-electron chi connectivity index (χ3n) is 4.49. The van der Waals surface area contributed by atoms with Crippen LogP contribution in [0, 0.1) is 6.92 Å². The van der Waals surface area contributed by atoms with Gasteiger partial charge in [-0.25, -0.2) is 10.4 Å². The van der Waals surface area contributed by atoms with E-state index >= 15 is 0 Å². The number of rotatable bonds is 6. The minimum Gasteiger partial charge on any atom is -0.495 e. The number of ether oxygens (including phenoxy) is 1. The molecule has 0 amide bonds. The topological polar surface area (TPSA) is 49.2 Å². The molecule has 0 aromatic heterocycles. The third kappa shape index (κ3) is 5.06. The van der Waals surface area contributed by atoms with Crippen LogP contribution < -0.4 is 5.43 Å². The van der Waals surface area contributed by atoms with Gasteiger partial charge < -0.3 is 9.64 Å². The Bertz CT molecular complexity index is 959. The Balaban J connectivity index is 1.99. The number of halogens is 1. The summed E-state index contributed by atoms with van der Waals surface area (Å²) in [4.78, 5) is 6.74. The summed E-state index contributed by atoms with van der Waals surface area (Å²) in [6.45, 7) is 8.94. The lowest BCUT2D eigenvalue weighted by molar-refractivity contribution is 0.311. The zero-order chi connectivity index (χ0) is 20.8. The van der Waals surface area contributed by atoms with Crippen LogP contribution in [0.1, 0.15) is 24.5 Å². The van der Waals surface area contributed by atoms with Gasteiger partial charge >= 0.3 is 0 Å². The van der Waals surface area contributed by atoms with Gasteiger partial charge in [0.2, 0.25) is 5.96 Å². The Morgan fingerprint density at radius 2 is 1.90 bits per heavy atom. The predicted octanol–water partition coefficient (Wildman–Crippen LogP) is 5.55. The van der Waals surface area contributed by atoms with Gasteiger partial charge in [0.25, 0.3) is 0 Å². The summed E-state index contributed by atoms with van der Waals surface area (Å²) in [6.07, 6.45) is 2.81. The fourth-order valence-corrected chi connectivity index (χ4v) is 3.04. The second-order valence-corrected chi connectivity index (χ2v) is 7.12. The number of allylic oxidation sites excluding steroid dienone is 1. The number of guanidine groups is 1. The van der Waals surface area contributed by atoms with Crippen LogP contribution in [0.3, 0.4) is 0 Å². The van der Waals surface area contributed by atoms with E-state index in [9.17, 15) is 0 Å². The molecule has 1 aliphatic heterocycles. The maximum Gasteiger partial charge on any atom is 0.224 e. The molecular weight excluding hydrogens is 384 g/mol. The molecule has 2 aromatic rings. The van der Waals surface area contributed by atoms with Crippen molar-refractivity contribution in [2.45, 2.75) is 26.8 Å². The van der Waals surface area contributed by atoms with E-state index in [0.29, 0.717) is 34.7 Å². The quantitative estimate of drug-likeness (QED) is 0.637. The average molecular weight is 409 g/mol. The largest absolute Gasteiger partial charge is 0.495 e. The van der Waals surface area contributed by atoms with E-state index in [4.69, 9.17) is 21.3 Å². The molecule has 1 N–H and O–H groups in total. The molecule has 0 saturated carbocycles. The van der Waals surface area contributed by atoms with Crippen LogP contribution in [-0.2, 0) is 11.3 Å². The standard InChI is InChI=1S/C23H25ClN4O/c1-5-6-21(29-4)22-17(3)28(15-18-9-11-19(24)12-10-18)23(27-26-22)25-20-13-7-16(2)8-14-20/h6-14H,3,5,15H2,1-2,4H3,(H,25,27). The zero-order valence-electron chi connectivity index (χ0n) is 16.9. The Morgan fingerprint density at radius 3 is 2.52 bits per heavy atom. The Morgan fingerprint density at radius 1 is 1.21 bits per heavy atom. The molecule has 0 atom stereocenters. The molecule has 5 nitrogen and oxygen atoms in total. The molecule has 1 heterocycles. The van der Waals surface area contributed by atoms with E-state index in [-0.39, 0.29) is 0 Å². The molecule has 29 heavy (non-hydrogen) atoms. The SMILES string of the molecule is C=C1C(C(=CCC)OC)=NNC(=Nc2ccc(C)cc2)N1Cc1ccc(Cl)cc1. The Hall–Kier alpha value is -3.05. The first-order valence-electron chi connectivity index (χ1n) is 9.46. The minimum absolute atomic E-state index is 0.565. The van der Waals surface area contributed by atoms with Crippen LogP contribution in [0.4, 0.5) is 5.69 Å². The number of nitrogens with zero attached hydrogens (tertiary/aromatic N) is 3. The highest BCUT2D eigenvalue weighted by atomic mass is 35.5. The average Bonchev–Trinajstić information content (AvgIpc) is 2.72. The van der Waals surface area contributed by atoms with Gasteiger partial charge in [-0.1, -0.05) is 54.9 Å². The second-order valence-electron chi connectivity index (χ2n) is 6.68. The molecule has 6 heteroatoms. The number of hydrogen-bond donors (Lipinski definition) is 1. The summed E-state index contributed by atoms with van der Waals surface area (Å²) in [5.74, 6) is 1.28. The molecule has 0 spiro atoms.